The Hall–Kier alpha value is -2.89. The molecular formula is C21H24N4O2. The van der Waals surface area contributed by atoms with E-state index >= 15 is 0 Å². The summed E-state index contributed by atoms with van der Waals surface area (Å²) in [5.41, 5.74) is 2.67. The lowest BCUT2D eigenvalue weighted by molar-refractivity contribution is -0.116. The number of hydrogen-bond donors (Lipinski definition) is 1. The number of benzene rings is 1. The number of anilines is 1. The molecule has 1 aromatic carbocycles. The van der Waals surface area contributed by atoms with E-state index in [0.29, 0.717) is 29.7 Å². The molecule has 1 saturated carbocycles. The zero-order valence-electron chi connectivity index (χ0n) is 15.7. The number of aryl methyl sites for hydroxylation is 1. The van der Waals surface area contributed by atoms with Crippen LogP contribution in [0.1, 0.15) is 38.3 Å². The molecule has 0 spiro atoms. The van der Waals surface area contributed by atoms with E-state index in [2.05, 4.69) is 14.9 Å². The summed E-state index contributed by atoms with van der Waals surface area (Å²) in [4.78, 5) is 20.2. The molecule has 27 heavy (non-hydrogen) atoms. The zero-order chi connectivity index (χ0) is 18.8. The molecule has 0 atom stereocenters. The van der Waals surface area contributed by atoms with Gasteiger partial charge >= 0.3 is 0 Å². The fraction of sp³-hybridized carbons (Fsp3) is 0.381. The van der Waals surface area contributed by atoms with E-state index in [-0.39, 0.29) is 5.78 Å². The van der Waals surface area contributed by atoms with Gasteiger partial charge in [0.1, 0.15) is 17.3 Å². The van der Waals surface area contributed by atoms with Crippen molar-refractivity contribution < 1.29 is 9.53 Å². The van der Waals surface area contributed by atoms with E-state index in [9.17, 15) is 4.79 Å². The first kappa shape index (κ1) is 17.5. The molecule has 0 aliphatic heterocycles. The number of ether oxygens (including phenoxy) is 1. The van der Waals surface area contributed by atoms with Crippen LogP contribution in [0.3, 0.4) is 0 Å². The van der Waals surface area contributed by atoms with Gasteiger partial charge in [-0.3, -0.25) is 9.78 Å². The van der Waals surface area contributed by atoms with Gasteiger partial charge in [0.25, 0.3) is 0 Å². The lowest BCUT2D eigenvalue weighted by atomic mass is 10.2. The number of imidazole rings is 1. The minimum Gasteiger partial charge on any atom is -0.457 e. The Balaban J connectivity index is 1.55. The first-order valence-corrected chi connectivity index (χ1v) is 9.44. The normalized spacial score (nSPS) is 14.6. The highest BCUT2D eigenvalue weighted by atomic mass is 16.5. The number of hydrogen-bond acceptors (Lipinski definition) is 5. The highest BCUT2D eigenvalue weighted by Gasteiger charge is 2.17. The molecule has 1 aliphatic carbocycles. The van der Waals surface area contributed by atoms with E-state index in [1.54, 1.807) is 25.3 Å². The highest BCUT2D eigenvalue weighted by Crippen LogP contribution is 2.28. The Kier molecular flexibility index (Phi) is 4.79. The van der Waals surface area contributed by atoms with Crippen molar-refractivity contribution in [1.82, 2.24) is 14.5 Å². The maximum absolute atomic E-state index is 11.3. The Morgan fingerprint density at radius 3 is 2.78 bits per heavy atom. The van der Waals surface area contributed by atoms with Gasteiger partial charge in [-0.05, 0) is 38.0 Å². The molecule has 1 aliphatic rings. The van der Waals surface area contributed by atoms with Gasteiger partial charge < -0.3 is 14.6 Å². The zero-order valence-corrected chi connectivity index (χ0v) is 15.7. The van der Waals surface area contributed by atoms with Gasteiger partial charge in [0, 0.05) is 37.8 Å². The summed E-state index contributed by atoms with van der Waals surface area (Å²) in [6, 6.07) is 10.0. The maximum atomic E-state index is 11.3. The second-order valence-corrected chi connectivity index (χ2v) is 7.23. The van der Waals surface area contributed by atoms with Gasteiger partial charge in [0.05, 0.1) is 16.7 Å². The topological polar surface area (TPSA) is 69.0 Å². The van der Waals surface area contributed by atoms with E-state index in [1.807, 2.05) is 25.2 Å². The number of fused-ring (bicyclic) bond motifs is 1. The Labute approximate surface area is 158 Å². The number of nitrogens with one attached hydrogen (secondary N) is 1. The van der Waals surface area contributed by atoms with E-state index in [4.69, 9.17) is 9.72 Å². The van der Waals surface area contributed by atoms with Crippen LogP contribution in [0.2, 0.25) is 0 Å². The number of carbonyl (C=O) groups is 1. The van der Waals surface area contributed by atoms with E-state index in [0.717, 1.165) is 17.0 Å². The Morgan fingerprint density at radius 2 is 2.00 bits per heavy atom. The summed E-state index contributed by atoms with van der Waals surface area (Å²) in [6.07, 6.45) is 6.97. The largest absolute Gasteiger partial charge is 0.457 e. The summed E-state index contributed by atoms with van der Waals surface area (Å²) in [5.74, 6) is 2.37. The molecule has 6 nitrogen and oxygen atoms in total. The number of Topliss-reactive ketones (excluding diaryl/α,β-unsaturated/α-hetero) is 1. The van der Waals surface area contributed by atoms with Gasteiger partial charge in [-0.15, -0.1) is 0 Å². The van der Waals surface area contributed by atoms with Gasteiger partial charge in [0.15, 0.2) is 0 Å². The summed E-state index contributed by atoms with van der Waals surface area (Å²) in [6.45, 7) is 1.56. The predicted octanol–water partition coefficient (Wildman–Crippen LogP) is 4.25. The van der Waals surface area contributed by atoms with E-state index in [1.165, 1.54) is 25.7 Å². The molecule has 2 aromatic heterocycles. The minimum absolute atomic E-state index is 0.0804. The molecule has 0 saturated heterocycles. The minimum atomic E-state index is 0.0804. The Morgan fingerprint density at radius 1 is 1.22 bits per heavy atom. The number of nitrogens with zero attached hydrogens (tertiary/aromatic N) is 3. The van der Waals surface area contributed by atoms with Crippen LogP contribution < -0.4 is 10.1 Å². The molecule has 0 amide bonds. The van der Waals surface area contributed by atoms with E-state index < -0.39 is 0 Å². The maximum Gasteiger partial charge on any atom is 0.203 e. The average Bonchev–Trinajstić information content (AvgIpc) is 3.24. The lowest BCUT2D eigenvalue weighted by Crippen LogP contribution is -2.17. The number of ketones is 1. The van der Waals surface area contributed by atoms with Gasteiger partial charge in [-0.1, -0.05) is 12.8 Å². The third-order valence-electron chi connectivity index (χ3n) is 4.99. The van der Waals surface area contributed by atoms with Crippen molar-refractivity contribution in [3.8, 4) is 11.5 Å². The van der Waals surface area contributed by atoms with Crippen LogP contribution in [0.4, 0.5) is 5.95 Å². The molecule has 0 radical (unpaired) electrons. The summed E-state index contributed by atoms with van der Waals surface area (Å²) < 4.78 is 8.06. The third-order valence-corrected chi connectivity index (χ3v) is 4.99. The first-order valence-electron chi connectivity index (χ1n) is 9.44. The predicted molar refractivity (Wildman–Crippen MR) is 105 cm³/mol. The van der Waals surface area contributed by atoms with Crippen molar-refractivity contribution in [2.45, 2.75) is 45.1 Å². The molecule has 4 rings (SSSR count). The van der Waals surface area contributed by atoms with Crippen molar-refractivity contribution >= 4 is 22.8 Å². The standard InChI is InChI=1S/C21H24N4O2/c1-14(26)11-16-12-18(9-10-22-16)27-17-7-8-20-19(13-17)24-21(25(20)2)23-15-5-3-4-6-15/h7-10,12-13,15H,3-6,11H2,1-2H3,(H,23,24). The van der Waals surface area contributed by atoms with Crippen LogP contribution in [-0.2, 0) is 18.3 Å². The van der Waals surface area contributed by atoms with Crippen molar-refractivity contribution in [2.75, 3.05) is 5.32 Å². The van der Waals surface area contributed by atoms with Crippen LogP contribution in [-0.4, -0.2) is 26.4 Å². The molecule has 6 heteroatoms. The molecule has 0 unspecified atom stereocenters. The van der Waals surface area contributed by atoms with Gasteiger partial charge in [-0.25, -0.2) is 4.98 Å². The molecule has 140 valence electrons. The third kappa shape index (κ3) is 3.94. The average molecular weight is 364 g/mol. The first-order chi connectivity index (χ1) is 13.1. The van der Waals surface area contributed by atoms with Crippen LogP contribution in [0.15, 0.2) is 36.5 Å². The smallest absolute Gasteiger partial charge is 0.203 e. The second kappa shape index (κ2) is 7.39. The van der Waals surface area contributed by atoms with Gasteiger partial charge in [-0.2, -0.15) is 0 Å². The summed E-state index contributed by atoms with van der Waals surface area (Å²) >= 11 is 0. The summed E-state index contributed by atoms with van der Waals surface area (Å²) in [5, 5.41) is 3.56. The van der Waals surface area contributed by atoms with Gasteiger partial charge in [0.2, 0.25) is 5.95 Å². The van der Waals surface area contributed by atoms with Crippen LogP contribution in [0.25, 0.3) is 11.0 Å². The van der Waals surface area contributed by atoms with Crippen LogP contribution in [0.5, 0.6) is 11.5 Å². The fourth-order valence-corrected chi connectivity index (χ4v) is 3.63. The van der Waals surface area contributed by atoms with Crippen molar-refractivity contribution in [1.29, 1.82) is 0 Å². The molecule has 0 bridgehead atoms. The molecule has 2 heterocycles. The van der Waals surface area contributed by atoms with Crippen molar-refractivity contribution in [2.24, 2.45) is 7.05 Å². The number of aromatic nitrogens is 3. The van der Waals surface area contributed by atoms with Crippen LogP contribution >= 0.6 is 0 Å². The molecule has 1 fully saturated rings. The summed E-state index contributed by atoms with van der Waals surface area (Å²) in [7, 11) is 2.03. The monoisotopic (exact) mass is 364 g/mol. The van der Waals surface area contributed by atoms with Crippen molar-refractivity contribution in [3.05, 3.63) is 42.2 Å². The molecule has 1 N–H and O–H groups in total. The number of rotatable bonds is 6. The number of carbonyl (C=O) groups excluding carboxylic acids is 1. The molecule has 3 aromatic rings. The van der Waals surface area contributed by atoms with Crippen molar-refractivity contribution in [3.63, 3.8) is 0 Å². The quantitative estimate of drug-likeness (QED) is 0.708. The molecular weight excluding hydrogens is 340 g/mol. The lowest BCUT2D eigenvalue weighted by Gasteiger charge is -2.12. The second-order valence-electron chi connectivity index (χ2n) is 7.23. The Bertz CT molecular complexity index is 973. The fourth-order valence-electron chi connectivity index (χ4n) is 3.63. The number of pyridine rings is 1. The SMILES string of the molecule is CC(=O)Cc1cc(Oc2ccc3c(c2)nc(NC2CCCC2)n3C)ccn1. The highest BCUT2D eigenvalue weighted by molar-refractivity contribution is 5.80. The van der Waals surface area contributed by atoms with Crippen LogP contribution in [0, 0.1) is 0 Å².